The Morgan fingerprint density at radius 1 is 0.478 bits per heavy atom. The predicted molar refractivity (Wildman–Crippen MR) is 432 cm³/mol. The maximum atomic E-state index is 11.0. The van der Waals surface area contributed by atoms with Crippen molar-refractivity contribution in [2.24, 2.45) is 5.90 Å². The molecule has 2 amide bonds. The number of carbonyl (C=O) groups excluding carboxylic acids is 3. The first-order valence-electron chi connectivity index (χ1n) is 33.0. The van der Waals surface area contributed by atoms with Crippen molar-refractivity contribution >= 4 is 110 Å². The number of aliphatic hydroxyl groups excluding tert-OH is 2. The summed E-state index contributed by atoms with van der Waals surface area (Å²) in [6.45, 7) is 11.8. The van der Waals surface area contributed by atoms with E-state index in [1.54, 1.807) is 38.1 Å². The van der Waals surface area contributed by atoms with Crippen LogP contribution in [0, 0.1) is 30.3 Å². The molecular formula is C75H96Cl4CuN8O24S. The average molecular weight is 1730 g/mol. The van der Waals surface area contributed by atoms with Gasteiger partial charge in [0.15, 0.2) is 5.78 Å². The van der Waals surface area contributed by atoms with Crippen LogP contribution < -0.4 is 65.9 Å². The van der Waals surface area contributed by atoms with Crippen LogP contribution in [0.1, 0.15) is 97.4 Å². The Bertz CT molecular complexity index is 4430. The summed E-state index contributed by atoms with van der Waals surface area (Å²) >= 11 is 0.757. The SMILES string of the molecule is C.C.CC(=O)Nc1cc2c(cc1[N+](=O)[O-])OCC2.CC(=O)Nc1ccc2c(c1)CCO2.CC(=O)c1ccc2c(c1)CCO2.CCO.CO.Cl.NO.Nc1cc2c(cc1[N+](=O)[O-])OCC2.Nc1ccc2c(c1)OCC2.O.O.O=S(=O)(Cl)c1ccc2c(c1)OCC2.O=[N+]([O-])c1ccc2c(c1)OCC2.[Cl][Cu][Cl].c1ccc2c(c1)CCO2. The maximum Gasteiger partial charge on any atom is 0.122 e. The zero-order valence-electron chi connectivity index (χ0n) is 60.7. The monoisotopic (exact) mass is 1730 g/mol. The summed E-state index contributed by atoms with van der Waals surface area (Å²) in [5.41, 5.74) is 22.6. The topological polar surface area (TPSA) is 514 Å². The Hall–Kier alpha value is -10.0. The van der Waals surface area contributed by atoms with Gasteiger partial charge >= 0.3 is 33.3 Å². The summed E-state index contributed by atoms with van der Waals surface area (Å²) in [6.07, 6.45) is 7.13. The summed E-state index contributed by atoms with van der Waals surface area (Å²) in [7, 11) is 11.9. The molecule has 38 heteroatoms. The second kappa shape index (κ2) is 53.1. The number of hydrogen-bond donors (Lipinski definition) is 8. The van der Waals surface area contributed by atoms with Crippen molar-refractivity contribution in [1.82, 2.24) is 0 Å². The van der Waals surface area contributed by atoms with Crippen LogP contribution in [0.15, 0.2) is 144 Å². The number of nitrogens with zero attached hydrogens (tertiary/aromatic N) is 3. The molecule has 0 atom stereocenters. The van der Waals surface area contributed by atoms with Gasteiger partial charge in [0, 0.05) is 136 Å². The summed E-state index contributed by atoms with van der Waals surface area (Å²) < 4.78 is 64.0. The minimum Gasteiger partial charge on any atom is -0.493 e. The molecule has 8 aromatic carbocycles. The van der Waals surface area contributed by atoms with Gasteiger partial charge in [0.1, 0.15) is 57.4 Å². The van der Waals surface area contributed by atoms with E-state index in [1.165, 1.54) is 66.9 Å². The third kappa shape index (κ3) is 32.9. The standard InChI is InChI=1S/C10H10N2O4.C10H11NO2.C10H10O2.C8H7ClO3S.C8H8N2O3.C8H7NO3.C8H9NO.C8H8O.C2H6O.CH4O.2CH4.3ClH.Cu.H3NO.2H2O/c1-6(13)11-8-4-7-2-3-16-10(7)5-9(8)12(14)15;1-7(12)11-9-2-3-10-8(6-9)4-5-13-10;1-7(11)8-2-3-10-9(6-8)4-5-12-10;9-13(10,11)7-2-1-6-3-4-12-8(6)5-7;9-6-3-5-1-2-13-8(5)4-7(6)10(11)12;10-9(11)7-2-1-6-3-4-12-8(6)5-7;9-7-2-1-6-3-4-10-8(6)5-7;1-2-4-8-7(3-1)5-6-9-8;1-2-3;1-2;;;;;;;1-2;;/h4-5H,2-3H2,1H3,(H,11,13);2-3,6H,4-5H2,1H3,(H,11,12);2-3,6H,4-5H2,1H3;1-2,5H,3-4H2;3-4H,1-2,9H2;1-2,5H,3-4H2;1-2,5H,3-4,9H2;1-4H,5-6H2;3H,2H2,1H3;2H,1H3;2*1H4;3*1H;;2H,1H2;2*1H2/q;;;;;;;;;;;;;;;+2;;;/p-2. The third-order valence-electron chi connectivity index (χ3n) is 15.6. The number of ether oxygens (including phenoxy) is 8. The Labute approximate surface area is 679 Å². The number of para-hydroxylation sites is 1. The van der Waals surface area contributed by atoms with Gasteiger partial charge in [-0.15, -0.1) is 12.4 Å². The summed E-state index contributed by atoms with van der Waals surface area (Å²) in [5, 5.41) is 57.9. The number of hydrogen-bond acceptors (Lipinski definition) is 25. The summed E-state index contributed by atoms with van der Waals surface area (Å²) in [6, 6.07) is 40.7. The molecule has 625 valence electrons. The molecule has 32 nitrogen and oxygen atoms in total. The number of amides is 2. The number of benzene rings is 8. The van der Waals surface area contributed by atoms with Gasteiger partial charge in [-0.3, -0.25) is 44.7 Å². The van der Waals surface area contributed by atoms with Crippen LogP contribution in [-0.2, 0) is 83.1 Å². The number of halogens is 4. The van der Waals surface area contributed by atoms with Crippen LogP contribution in [0.2, 0.25) is 0 Å². The Morgan fingerprint density at radius 3 is 1.28 bits per heavy atom. The van der Waals surface area contributed by atoms with Gasteiger partial charge in [0.2, 0.25) is 11.8 Å². The minimum atomic E-state index is -3.63. The number of aliphatic hydroxyl groups is 2. The van der Waals surface area contributed by atoms with Crippen molar-refractivity contribution in [3.05, 3.63) is 220 Å². The molecule has 0 bridgehead atoms. The molecule has 113 heavy (non-hydrogen) atoms. The fraction of sp³-hybridized carbons (Fsp3) is 0.320. The molecule has 0 fully saturated rings. The molecule has 8 heterocycles. The van der Waals surface area contributed by atoms with Crippen LogP contribution in [0.25, 0.3) is 0 Å². The van der Waals surface area contributed by atoms with Gasteiger partial charge in [-0.25, -0.2) is 14.3 Å². The molecule has 15 N–H and O–H groups in total. The third-order valence-corrected chi connectivity index (χ3v) is 17.0. The predicted octanol–water partition coefficient (Wildman–Crippen LogP) is 12.3. The molecule has 0 aliphatic carbocycles. The van der Waals surface area contributed by atoms with Crippen LogP contribution in [0.4, 0.5) is 39.8 Å². The zero-order chi connectivity index (χ0) is 79.5. The Morgan fingerprint density at radius 2 is 0.841 bits per heavy atom. The molecule has 0 aromatic heterocycles. The average Bonchev–Trinajstić information content (AvgIpc) is 1.73. The van der Waals surface area contributed by atoms with Crippen molar-refractivity contribution < 1.29 is 115 Å². The summed E-state index contributed by atoms with van der Waals surface area (Å²) in [5.74, 6) is 9.53. The minimum absolute atomic E-state index is 0. The molecule has 0 saturated carbocycles. The van der Waals surface area contributed by atoms with E-state index in [4.69, 9.17) is 75.5 Å². The van der Waals surface area contributed by atoms with E-state index in [0.717, 1.165) is 159 Å². The van der Waals surface area contributed by atoms with Crippen LogP contribution >= 0.6 is 43.3 Å². The molecule has 0 unspecified atom stereocenters. The first-order chi connectivity index (χ1) is 51.8. The number of nitrogen functional groups attached to an aromatic ring is 2. The van der Waals surface area contributed by atoms with Crippen molar-refractivity contribution in [2.45, 2.75) is 98.8 Å². The number of anilines is 4. The van der Waals surface area contributed by atoms with Crippen LogP contribution in [0.5, 0.6) is 46.0 Å². The number of fused-ring (bicyclic) bond motifs is 8. The van der Waals surface area contributed by atoms with Crippen molar-refractivity contribution in [3.63, 3.8) is 0 Å². The van der Waals surface area contributed by atoms with E-state index >= 15 is 0 Å². The maximum absolute atomic E-state index is 11.0. The Kier molecular flexibility index (Phi) is 48.3. The van der Waals surface area contributed by atoms with E-state index in [-0.39, 0.29) is 95.7 Å². The molecule has 0 saturated heterocycles. The quantitative estimate of drug-likeness (QED) is 0.0183. The van der Waals surface area contributed by atoms with Gasteiger partial charge in [-0.05, 0) is 120 Å². The Balaban J connectivity index is 0.00000124. The number of ketones is 1. The first kappa shape index (κ1) is 103. The van der Waals surface area contributed by atoms with Gasteiger partial charge in [0.05, 0.1) is 90.7 Å². The van der Waals surface area contributed by atoms with Crippen LogP contribution in [-0.4, -0.2) is 134 Å². The number of carbonyl (C=O) groups is 3. The first-order valence-corrected chi connectivity index (χ1v) is 37.9. The molecule has 8 aromatic rings. The van der Waals surface area contributed by atoms with Crippen molar-refractivity contribution in [2.75, 3.05) is 88.7 Å². The van der Waals surface area contributed by atoms with Gasteiger partial charge < -0.3 is 86.4 Å². The largest absolute Gasteiger partial charge is 0.493 e. The molecule has 16 rings (SSSR count). The number of nitrogens with two attached hydrogens (primary N) is 3. The fourth-order valence-electron chi connectivity index (χ4n) is 10.8. The second-order valence-corrected chi connectivity index (χ2v) is 27.1. The number of nitro groups is 3. The number of nitro benzene ring substituents is 3. The van der Waals surface area contributed by atoms with Gasteiger partial charge in [-0.1, -0.05) is 45.2 Å². The van der Waals surface area contributed by atoms with E-state index in [9.17, 15) is 53.1 Å². The number of non-ortho nitro benzene ring substituents is 1. The van der Waals surface area contributed by atoms with Gasteiger partial charge in [0.25, 0.3) is 26.1 Å². The van der Waals surface area contributed by atoms with E-state index in [1.807, 2.05) is 72.8 Å². The fourth-order valence-corrected chi connectivity index (χ4v) is 11.6. The molecular weight excluding hydrogens is 1630 g/mol. The smallest absolute Gasteiger partial charge is 0.122 e. The van der Waals surface area contributed by atoms with E-state index < -0.39 is 23.8 Å². The number of nitrogens with one attached hydrogen (secondary N) is 2. The molecule has 0 radical (unpaired) electrons. The molecule has 8 aliphatic rings. The van der Waals surface area contributed by atoms with Crippen molar-refractivity contribution in [1.29, 1.82) is 0 Å². The second-order valence-electron chi connectivity index (χ2n) is 23.0. The normalized spacial score (nSPS) is 12.5. The van der Waals surface area contributed by atoms with Gasteiger partial charge in [-0.2, -0.15) is 0 Å². The van der Waals surface area contributed by atoms with Crippen LogP contribution in [0.3, 0.4) is 0 Å². The summed E-state index contributed by atoms with van der Waals surface area (Å²) in [4.78, 5) is 63.0. The number of Topliss-reactive ketones (excluding diaryl/α,β-unsaturated/α-hetero) is 1. The van der Waals surface area contributed by atoms with E-state index in [2.05, 4.69) is 42.8 Å². The zero-order valence-corrected chi connectivity index (χ0v) is 65.6. The van der Waals surface area contributed by atoms with Crippen molar-refractivity contribution in [3.8, 4) is 46.0 Å². The number of rotatable bonds is 7. The van der Waals surface area contributed by atoms with E-state index in [0.29, 0.717) is 55.8 Å². The molecule has 8 aliphatic heterocycles. The molecule has 0 spiro atoms.